The molecule has 4 fully saturated rings. The van der Waals surface area contributed by atoms with Crippen molar-refractivity contribution in [1.29, 1.82) is 0 Å². The summed E-state index contributed by atoms with van der Waals surface area (Å²) in [7, 11) is 8.65. The Labute approximate surface area is 440 Å². The first-order valence-electron chi connectivity index (χ1n) is 28.7. The third-order valence-electron chi connectivity index (χ3n) is 19.1. The zero-order valence-electron chi connectivity index (χ0n) is 50.1. The fourth-order valence-electron chi connectivity index (χ4n) is 13.7. The molecule has 72 heavy (non-hydrogen) atoms. The highest BCUT2D eigenvalue weighted by Crippen LogP contribution is 2.42. The van der Waals surface area contributed by atoms with Gasteiger partial charge in [-0.1, -0.05) is 38.5 Å². The van der Waals surface area contributed by atoms with E-state index in [1.807, 2.05) is 0 Å². The van der Waals surface area contributed by atoms with Crippen LogP contribution in [0.1, 0.15) is 252 Å². The van der Waals surface area contributed by atoms with Gasteiger partial charge >= 0.3 is 23.9 Å². The summed E-state index contributed by atoms with van der Waals surface area (Å²) in [4.78, 5) is 64.3. The quantitative estimate of drug-likeness (QED) is 0.0551. The fraction of sp³-hybridized carbons (Fsp3) is 0.933. The molecule has 0 aromatic rings. The first-order valence-corrected chi connectivity index (χ1v) is 28.7. The van der Waals surface area contributed by atoms with Gasteiger partial charge in [0.15, 0.2) is 0 Å². The second-order valence-corrected chi connectivity index (χ2v) is 28.6. The van der Waals surface area contributed by atoms with Gasteiger partial charge in [-0.25, -0.2) is 0 Å². The van der Waals surface area contributed by atoms with Crippen LogP contribution in [-0.4, -0.2) is 140 Å². The summed E-state index contributed by atoms with van der Waals surface area (Å²) >= 11 is 0. The van der Waals surface area contributed by atoms with E-state index in [1.54, 1.807) is 0 Å². The van der Waals surface area contributed by atoms with Gasteiger partial charge in [0, 0.05) is 109 Å². The Morgan fingerprint density at radius 2 is 0.528 bits per heavy atom. The minimum Gasteiger partial charge on any atom is -0.462 e. The van der Waals surface area contributed by atoms with E-state index in [0.717, 1.165) is 103 Å². The molecule has 0 saturated carbocycles. The molecule has 4 saturated heterocycles. The lowest BCUT2D eigenvalue weighted by molar-refractivity contribution is -0.166. The smallest absolute Gasteiger partial charge is 0.309 e. The third kappa shape index (κ3) is 17.1. The molecule has 12 heteroatoms. The Kier molecular flexibility index (Phi) is 21.1. The molecule has 2 atom stereocenters. The summed E-state index contributed by atoms with van der Waals surface area (Å²) in [5, 5.41) is 0. The van der Waals surface area contributed by atoms with Crippen LogP contribution in [-0.2, 0) is 38.1 Å². The molecule has 4 rings (SSSR count). The maximum absolute atomic E-state index is 14.2. The first kappa shape index (κ1) is 62.3. The molecule has 0 bridgehead atoms. The summed E-state index contributed by atoms with van der Waals surface area (Å²) in [6.45, 7) is 35.6. The number of hydrogen-bond acceptors (Lipinski definition) is 12. The number of likely N-dealkylation sites (tertiary alicyclic amines) is 4. The minimum absolute atomic E-state index is 0.0536. The Bertz CT molecular complexity index is 1600. The molecule has 2 unspecified atom stereocenters. The van der Waals surface area contributed by atoms with Crippen molar-refractivity contribution in [2.24, 2.45) is 11.8 Å². The van der Waals surface area contributed by atoms with Crippen LogP contribution < -0.4 is 0 Å². The lowest BCUT2D eigenvalue weighted by Gasteiger charge is -2.53. The normalized spacial score (nSPS) is 25.6. The predicted molar refractivity (Wildman–Crippen MR) is 292 cm³/mol. The molecule has 4 aliphatic rings. The van der Waals surface area contributed by atoms with Crippen molar-refractivity contribution in [2.75, 3.05) is 28.2 Å². The second-order valence-electron chi connectivity index (χ2n) is 28.6. The number of unbranched alkanes of at least 4 members (excludes halogenated alkanes) is 5. The van der Waals surface area contributed by atoms with E-state index in [0.29, 0.717) is 38.5 Å². The average Bonchev–Trinajstić information content (AvgIpc) is 3.21. The highest BCUT2D eigenvalue weighted by molar-refractivity contribution is 5.73. The Morgan fingerprint density at radius 1 is 0.333 bits per heavy atom. The molecule has 418 valence electrons. The highest BCUT2D eigenvalue weighted by Gasteiger charge is 2.48. The van der Waals surface area contributed by atoms with Crippen LogP contribution in [0.2, 0.25) is 0 Å². The van der Waals surface area contributed by atoms with E-state index in [-0.39, 0.29) is 104 Å². The van der Waals surface area contributed by atoms with Crippen molar-refractivity contribution in [1.82, 2.24) is 19.6 Å². The van der Waals surface area contributed by atoms with Crippen LogP contribution in [0.3, 0.4) is 0 Å². The molecular weight excluding hydrogens is 905 g/mol. The zero-order valence-corrected chi connectivity index (χ0v) is 50.1. The molecule has 0 N–H and O–H groups in total. The van der Waals surface area contributed by atoms with Crippen molar-refractivity contribution in [3.05, 3.63) is 0 Å². The van der Waals surface area contributed by atoms with Gasteiger partial charge in [-0.3, -0.25) is 38.8 Å². The van der Waals surface area contributed by atoms with Crippen LogP contribution in [0.5, 0.6) is 0 Å². The van der Waals surface area contributed by atoms with Gasteiger partial charge in [0.1, 0.15) is 24.4 Å². The van der Waals surface area contributed by atoms with Crippen LogP contribution in [0.25, 0.3) is 0 Å². The first-order chi connectivity index (χ1) is 32.9. The third-order valence-corrected chi connectivity index (χ3v) is 19.1. The van der Waals surface area contributed by atoms with E-state index in [2.05, 4.69) is 159 Å². The van der Waals surface area contributed by atoms with Gasteiger partial charge < -0.3 is 18.9 Å². The molecule has 0 amide bonds. The Morgan fingerprint density at radius 3 is 0.750 bits per heavy atom. The number of carbonyl (C=O) groups is 4. The Balaban J connectivity index is 1.36. The van der Waals surface area contributed by atoms with Crippen LogP contribution >= 0.6 is 0 Å². The number of ether oxygens (including phenoxy) is 4. The highest BCUT2D eigenvalue weighted by atomic mass is 16.6. The summed E-state index contributed by atoms with van der Waals surface area (Å²) in [6, 6.07) is 0. The topological polar surface area (TPSA) is 118 Å². The van der Waals surface area contributed by atoms with E-state index in [9.17, 15) is 19.2 Å². The molecule has 0 spiro atoms. The zero-order chi connectivity index (χ0) is 54.5. The monoisotopic (exact) mass is 1010 g/mol. The van der Waals surface area contributed by atoms with Gasteiger partial charge in [-0.2, -0.15) is 0 Å². The van der Waals surface area contributed by atoms with Crippen LogP contribution in [0, 0.1) is 11.8 Å². The molecule has 0 radical (unpaired) electrons. The molecule has 4 heterocycles. The molecule has 0 aromatic heterocycles. The van der Waals surface area contributed by atoms with E-state index in [4.69, 9.17) is 18.9 Å². The number of hydrogen-bond donors (Lipinski definition) is 0. The summed E-state index contributed by atoms with van der Waals surface area (Å²) in [6.07, 6.45) is 15.8. The molecule has 0 aliphatic carbocycles. The second kappa shape index (κ2) is 24.4. The van der Waals surface area contributed by atoms with Crippen molar-refractivity contribution >= 4 is 23.9 Å². The lowest BCUT2D eigenvalue weighted by Crippen LogP contribution is -2.60. The van der Waals surface area contributed by atoms with Gasteiger partial charge in [0.05, 0.1) is 11.8 Å². The van der Waals surface area contributed by atoms with Gasteiger partial charge in [-0.15, -0.1) is 0 Å². The number of piperidine rings is 4. The van der Waals surface area contributed by atoms with E-state index in [1.165, 1.54) is 0 Å². The molecular formula is C60H110N4O8. The van der Waals surface area contributed by atoms with E-state index >= 15 is 0 Å². The number of rotatable bonds is 23. The largest absolute Gasteiger partial charge is 0.462 e. The summed E-state index contributed by atoms with van der Waals surface area (Å²) < 4.78 is 25.0. The maximum Gasteiger partial charge on any atom is 0.309 e. The minimum atomic E-state index is -0.257. The van der Waals surface area contributed by atoms with Crippen molar-refractivity contribution in [3.63, 3.8) is 0 Å². The number of esters is 4. The van der Waals surface area contributed by atoms with Gasteiger partial charge in [0.25, 0.3) is 0 Å². The van der Waals surface area contributed by atoms with Crippen molar-refractivity contribution in [2.45, 2.75) is 321 Å². The van der Waals surface area contributed by atoms with E-state index < -0.39 is 0 Å². The van der Waals surface area contributed by atoms with Crippen molar-refractivity contribution < 1.29 is 38.1 Å². The number of carbonyl (C=O) groups excluding carboxylic acids is 4. The number of nitrogens with zero attached hydrogens (tertiary/aromatic N) is 4. The molecule has 12 nitrogen and oxygen atoms in total. The van der Waals surface area contributed by atoms with Crippen LogP contribution in [0.15, 0.2) is 0 Å². The predicted octanol–water partition coefficient (Wildman–Crippen LogP) is 12.5. The van der Waals surface area contributed by atoms with Crippen LogP contribution in [0.4, 0.5) is 0 Å². The summed E-state index contributed by atoms with van der Waals surface area (Å²) in [5.74, 6) is -1.01. The summed E-state index contributed by atoms with van der Waals surface area (Å²) in [5.41, 5.74) is -0.646. The molecule has 0 aromatic carbocycles. The average molecular weight is 1020 g/mol. The standard InChI is InChI=1S/C60H110N4O8/c1-53(2)35-45(36-54(3,4)61(53)17)69-49(65)33-25-21-23-29-43(51(67)71-47-39-57(9,10)63(19)58(11,12)40-47)31-27-28-32-44(52(68)72-48-41-59(13,14)64(20)60(15,16)42-48)30-24-22-26-34-50(66)70-46-37-55(5,6)62(18)56(7,8)38-46/h43-48H,21-42H2,1-20H3. The van der Waals surface area contributed by atoms with Gasteiger partial charge in [-0.05, 0) is 177 Å². The van der Waals surface area contributed by atoms with Gasteiger partial charge in [0.2, 0.25) is 0 Å². The Hall–Kier alpha value is -2.28. The lowest BCUT2D eigenvalue weighted by atomic mass is 9.78. The SMILES string of the molecule is CN1C(C)(C)CC(OC(=O)CCCCCC(CCCCC(CCCCCC(=O)OC2CC(C)(C)N(C)C(C)(C)C2)C(=O)OC2CC(C)(C)N(C)C(C)(C)C2)C(=O)OC2CC(C)(C)N(C)C(C)(C)C2)CC1(C)C. The maximum atomic E-state index is 14.2. The molecule has 4 aliphatic heterocycles. The fourth-order valence-corrected chi connectivity index (χ4v) is 13.7. The van der Waals surface area contributed by atoms with Crippen molar-refractivity contribution in [3.8, 4) is 0 Å².